The molecule has 8 aromatic carbocycles. The fraction of sp³-hybridized carbons (Fsp3) is 0.0769. The summed E-state index contributed by atoms with van der Waals surface area (Å²) in [7, 11) is -1.85. The molecule has 58 heavy (non-hydrogen) atoms. The highest BCUT2D eigenvalue weighted by atomic mass is 32.4. The van der Waals surface area contributed by atoms with Gasteiger partial charge < -0.3 is 0 Å². The van der Waals surface area contributed by atoms with Gasteiger partial charge in [0.05, 0.1) is 0 Å². The van der Waals surface area contributed by atoms with Crippen molar-refractivity contribution >= 4 is 94.0 Å². The predicted molar refractivity (Wildman–Crippen MR) is 266 cm³/mol. The van der Waals surface area contributed by atoms with Crippen molar-refractivity contribution in [3.63, 3.8) is 0 Å². The Morgan fingerprint density at radius 3 is 0.621 bits per heavy atom. The first kappa shape index (κ1) is 39.4. The Hall–Kier alpha value is -4.08. The van der Waals surface area contributed by atoms with Crippen LogP contribution in [0.4, 0.5) is 0 Å². The fourth-order valence-corrected chi connectivity index (χ4v) is 30.5. The molecule has 1 saturated carbocycles. The molecule has 0 spiro atoms. The van der Waals surface area contributed by atoms with Crippen molar-refractivity contribution in [1.82, 2.24) is 0 Å². The van der Waals surface area contributed by atoms with E-state index in [1.165, 1.54) is 42.4 Å². The number of hydrogen-bond acceptors (Lipinski definition) is 2. The molecule has 8 aromatic rings. The van der Waals surface area contributed by atoms with Crippen LogP contribution in [0.5, 0.6) is 0 Å². The molecule has 1 fully saturated rings. The predicted octanol–water partition coefficient (Wildman–Crippen LogP) is 10.0. The van der Waals surface area contributed by atoms with Crippen molar-refractivity contribution in [2.24, 2.45) is 0 Å². The molecular formula is C52H44P4S2. The van der Waals surface area contributed by atoms with Crippen LogP contribution in [0.2, 0.25) is 0 Å². The Morgan fingerprint density at radius 2 is 0.431 bits per heavy atom. The van der Waals surface area contributed by atoms with E-state index in [4.69, 9.17) is 23.6 Å². The molecule has 6 heteroatoms. The summed E-state index contributed by atoms with van der Waals surface area (Å²) in [5.74, 6) is 0. The third-order valence-electron chi connectivity index (χ3n) is 11.5. The Balaban J connectivity index is 1.44. The van der Waals surface area contributed by atoms with Gasteiger partial charge in [-0.15, -0.1) is 0 Å². The van der Waals surface area contributed by atoms with E-state index >= 15 is 0 Å². The molecule has 9 rings (SSSR count). The van der Waals surface area contributed by atoms with E-state index in [1.54, 1.807) is 0 Å². The third-order valence-corrected chi connectivity index (χ3v) is 29.6. The Morgan fingerprint density at radius 1 is 0.259 bits per heavy atom. The third kappa shape index (κ3) is 7.29. The zero-order chi connectivity index (χ0) is 39.4. The van der Waals surface area contributed by atoms with Crippen LogP contribution in [-0.4, -0.2) is 22.6 Å². The minimum absolute atomic E-state index is 0.104. The SMILES string of the molecule is S=P(c1ccccc1)(c1ccccc1)[C@@H]1[C@H](P(c2ccccc2)c2ccccc2)[C@@H](P(c2ccccc2)c2ccccc2)[C@H]1P(=S)(c1ccccc1)c1ccccc1. The van der Waals surface area contributed by atoms with Crippen LogP contribution in [0.25, 0.3) is 0 Å². The van der Waals surface area contributed by atoms with Crippen LogP contribution < -0.4 is 42.4 Å². The molecule has 1 aliphatic carbocycles. The van der Waals surface area contributed by atoms with Crippen LogP contribution in [0, 0.1) is 0 Å². The van der Waals surface area contributed by atoms with E-state index in [-0.39, 0.29) is 22.6 Å². The second-order valence-corrected chi connectivity index (χ2v) is 28.8. The molecular weight excluding hydrogens is 813 g/mol. The van der Waals surface area contributed by atoms with Crippen molar-refractivity contribution in [3.8, 4) is 0 Å². The maximum Gasteiger partial charge on any atom is 0.0148 e. The van der Waals surface area contributed by atoms with Crippen LogP contribution in [-0.2, 0) is 23.6 Å². The largest absolute Gasteiger partial charge is 0.0873 e. The first-order valence-corrected chi connectivity index (χ1v) is 28.4. The average molecular weight is 857 g/mol. The zero-order valence-corrected chi connectivity index (χ0v) is 37.2. The molecule has 284 valence electrons. The van der Waals surface area contributed by atoms with Gasteiger partial charge in [0.1, 0.15) is 0 Å². The van der Waals surface area contributed by atoms with Gasteiger partial charge in [-0.2, -0.15) is 0 Å². The quantitative estimate of drug-likeness (QED) is 0.112. The van der Waals surface area contributed by atoms with Crippen LogP contribution >= 0.6 is 27.9 Å². The van der Waals surface area contributed by atoms with Crippen molar-refractivity contribution < 1.29 is 0 Å². The first-order valence-electron chi connectivity index (χ1n) is 19.8. The molecule has 0 heterocycles. The monoisotopic (exact) mass is 856 g/mol. The number of benzene rings is 8. The maximum absolute atomic E-state index is 7.62. The summed E-state index contributed by atoms with van der Waals surface area (Å²) in [5.41, 5.74) is 0.648. The second kappa shape index (κ2) is 17.6. The Kier molecular flexibility index (Phi) is 12.0. The highest BCUT2D eigenvalue weighted by molar-refractivity contribution is 8.25. The minimum Gasteiger partial charge on any atom is -0.0873 e. The summed E-state index contributed by atoms with van der Waals surface area (Å²) < 4.78 is 0. The molecule has 0 radical (unpaired) electrons. The molecule has 0 nitrogen and oxygen atoms in total. The van der Waals surface area contributed by atoms with Gasteiger partial charge in [0.25, 0.3) is 0 Å². The topological polar surface area (TPSA) is 0 Å². The molecule has 0 saturated heterocycles. The van der Waals surface area contributed by atoms with Crippen molar-refractivity contribution in [2.75, 3.05) is 0 Å². The number of hydrogen-bond donors (Lipinski definition) is 0. The van der Waals surface area contributed by atoms with Crippen molar-refractivity contribution in [2.45, 2.75) is 22.6 Å². The molecule has 0 aromatic heterocycles. The summed E-state index contributed by atoms with van der Waals surface area (Å²) in [6, 6.07) is 85.0. The summed E-state index contributed by atoms with van der Waals surface area (Å²) in [4.78, 5) is 0. The summed E-state index contributed by atoms with van der Waals surface area (Å²) in [6.45, 7) is 0. The lowest BCUT2D eigenvalue weighted by Crippen LogP contribution is -2.66. The molecule has 0 unspecified atom stereocenters. The standard InChI is InChI=1S/C52H44P4S2/c57-55(45-33-17-5-18-34-45,46-35-19-6-20-36-46)51-49(53(41-25-9-1-10-26-41)42-27-11-2-12-28-42)50(54(43-29-13-3-14-30-43)44-31-15-4-16-32-44)52(51)56(58,47-37-21-7-22-38-47)48-39-23-8-24-40-48/h1-40,49-52H/t49-,50-,51-,52-/m1/s1. The van der Waals surface area contributed by atoms with Gasteiger partial charge in [-0.25, -0.2) is 0 Å². The van der Waals surface area contributed by atoms with Crippen LogP contribution in [0.15, 0.2) is 243 Å². The van der Waals surface area contributed by atoms with E-state index in [9.17, 15) is 0 Å². The Labute approximate surface area is 357 Å². The van der Waals surface area contributed by atoms with Crippen LogP contribution in [0.3, 0.4) is 0 Å². The van der Waals surface area contributed by atoms with Crippen LogP contribution in [0.1, 0.15) is 0 Å². The lowest BCUT2D eigenvalue weighted by molar-refractivity contribution is 0.555. The Bertz CT molecular complexity index is 2280. The summed E-state index contributed by atoms with van der Waals surface area (Å²) in [5, 5.41) is 10.7. The van der Waals surface area contributed by atoms with Gasteiger partial charge in [0.15, 0.2) is 0 Å². The fourth-order valence-electron chi connectivity index (χ4n) is 9.06. The average Bonchev–Trinajstić information content (AvgIpc) is 3.31. The maximum atomic E-state index is 7.62. The first-order chi connectivity index (χ1) is 28.6. The lowest BCUT2D eigenvalue weighted by Gasteiger charge is -2.64. The van der Waals surface area contributed by atoms with Gasteiger partial charge in [0, 0.05) is 34.7 Å². The van der Waals surface area contributed by atoms with Gasteiger partial charge in [-0.3, -0.25) is 0 Å². The molecule has 4 atom stereocenters. The second-order valence-electron chi connectivity index (χ2n) is 14.7. The van der Waals surface area contributed by atoms with Gasteiger partial charge >= 0.3 is 0 Å². The summed E-state index contributed by atoms with van der Waals surface area (Å²) >= 11 is 15.2. The lowest BCUT2D eigenvalue weighted by atomic mass is 9.96. The zero-order valence-electron chi connectivity index (χ0n) is 32.0. The van der Waals surface area contributed by atoms with E-state index < -0.39 is 27.9 Å². The van der Waals surface area contributed by atoms with Gasteiger partial charge in [-0.05, 0) is 58.3 Å². The highest BCUT2D eigenvalue weighted by Gasteiger charge is 2.66. The summed E-state index contributed by atoms with van der Waals surface area (Å²) in [6.07, 6.45) is 0. The molecule has 0 bridgehead atoms. The van der Waals surface area contributed by atoms with E-state index in [0.717, 1.165) is 0 Å². The normalized spacial score (nSPS) is 18.1. The smallest absolute Gasteiger partial charge is 0.0148 e. The molecule has 0 N–H and O–H groups in total. The van der Waals surface area contributed by atoms with Gasteiger partial charge in [-0.1, -0.05) is 266 Å². The highest BCUT2D eigenvalue weighted by Crippen LogP contribution is 2.77. The minimum atomic E-state index is -2.61. The molecule has 0 aliphatic heterocycles. The number of rotatable bonds is 12. The molecule has 0 amide bonds. The van der Waals surface area contributed by atoms with E-state index in [0.29, 0.717) is 0 Å². The van der Waals surface area contributed by atoms with E-state index in [2.05, 4.69) is 243 Å². The van der Waals surface area contributed by atoms with Crippen molar-refractivity contribution in [3.05, 3.63) is 243 Å². The molecule has 1 aliphatic rings. The van der Waals surface area contributed by atoms with Gasteiger partial charge in [0.2, 0.25) is 0 Å². The van der Waals surface area contributed by atoms with Crippen molar-refractivity contribution in [1.29, 1.82) is 0 Å². The van der Waals surface area contributed by atoms with E-state index in [1.807, 2.05) is 0 Å².